The van der Waals surface area contributed by atoms with Gasteiger partial charge in [0, 0.05) is 42.5 Å². The summed E-state index contributed by atoms with van der Waals surface area (Å²) in [4.78, 5) is 10.3. The topological polar surface area (TPSA) is 87.1 Å². The van der Waals surface area contributed by atoms with Crippen molar-refractivity contribution in [3.63, 3.8) is 0 Å². The largest absolute Gasteiger partial charge is 0.507 e. The number of phenolic OH excluding ortho intramolecular Hbond substituents is 1. The predicted octanol–water partition coefficient (Wildman–Crippen LogP) is 2.46. The Balaban J connectivity index is 1.42. The molecule has 0 spiro atoms. The molecule has 2 fully saturated rings. The maximum Gasteiger partial charge on any atom is 0.245 e. The lowest BCUT2D eigenvalue weighted by molar-refractivity contribution is 0.175. The van der Waals surface area contributed by atoms with E-state index in [9.17, 15) is 9.50 Å². The number of benzene rings is 1. The molecule has 5 rings (SSSR count). The Kier molecular flexibility index (Phi) is 4.08. The molecule has 2 aromatic heterocycles. The van der Waals surface area contributed by atoms with Crippen LogP contribution in [0, 0.1) is 0 Å². The lowest BCUT2D eigenvalue weighted by Crippen LogP contribution is -2.55. The molecule has 3 aromatic rings. The first-order valence-electron chi connectivity index (χ1n) is 9.50. The number of piperidine rings is 1. The summed E-state index contributed by atoms with van der Waals surface area (Å²) in [6, 6.07) is 5.34. The highest BCUT2D eigenvalue weighted by Gasteiger charge is 2.44. The third-order valence-electron chi connectivity index (χ3n) is 5.95. The molecule has 28 heavy (non-hydrogen) atoms. The van der Waals surface area contributed by atoms with Gasteiger partial charge in [-0.05, 0) is 42.8 Å². The molecular weight excluding hydrogens is 359 g/mol. The Morgan fingerprint density at radius 2 is 2.07 bits per heavy atom. The van der Waals surface area contributed by atoms with E-state index in [0.717, 1.165) is 30.0 Å². The second-order valence-corrected chi connectivity index (χ2v) is 7.64. The zero-order valence-electron chi connectivity index (χ0n) is 15.5. The number of hydrogen-bond acceptors (Lipinski definition) is 7. The van der Waals surface area contributed by atoms with Crippen molar-refractivity contribution in [2.24, 2.45) is 0 Å². The van der Waals surface area contributed by atoms with Crippen LogP contribution in [0.3, 0.4) is 0 Å². The Bertz CT molecular complexity index is 1010. The number of pyridine rings is 1. The van der Waals surface area contributed by atoms with E-state index in [4.69, 9.17) is 0 Å². The fourth-order valence-corrected chi connectivity index (χ4v) is 4.38. The van der Waals surface area contributed by atoms with Crippen molar-refractivity contribution < 1.29 is 9.50 Å². The van der Waals surface area contributed by atoms with Gasteiger partial charge in [-0.1, -0.05) is 0 Å². The van der Waals surface area contributed by atoms with Crippen molar-refractivity contribution in [2.75, 3.05) is 11.9 Å². The van der Waals surface area contributed by atoms with Crippen LogP contribution in [0.4, 0.5) is 10.3 Å². The number of aromatic hydroxyl groups is 1. The van der Waals surface area contributed by atoms with Crippen LogP contribution in [0.25, 0.3) is 22.0 Å². The molecule has 0 saturated carbocycles. The Hall–Kier alpha value is -2.87. The molecule has 0 aliphatic carbocycles. The summed E-state index contributed by atoms with van der Waals surface area (Å²) >= 11 is 0. The summed E-state index contributed by atoms with van der Waals surface area (Å²) in [6.07, 6.45) is 6.65. The number of rotatable bonds is 3. The highest BCUT2D eigenvalue weighted by molar-refractivity contribution is 5.89. The number of nitrogens with one attached hydrogen (secondary N) is 1. The molecule has 8 heteroatoms. The molecule has 2 saturated heterocycles. The number of alkyl halides is 1. The van der Waals surface area contributed by atoms with Crippen molar-refractivity contribution >= 4 is 16.7 Å². The number of phenols is 1. The van der Waals surface area contributed by atoms with Crippen molar-refractivity contribution in [3.8, 4) is 17.0 Å². The van der Waals surface area contributed by atoms with Gasteiger partial charge in [-0.3, -0.25) is 4.98 Å². The molecular formula is C20H21FN6O. The standard InChI is InChI=1S/C20H21FN6O/c1-27(17-8-13-2-3-15(24-13)19(17)21)20-23-10-16(25-26-20)14-6-12-9-22-5-4-11(12)7-18(14)28/h4-7,9-10,13,15,17,19,24,28H,2-3,8H2,1H3/t13-,15-,17-,19+/m1/s1. The molecule has 7 nitrogen and oxygen atoms in total. The molecule has 2 N–H and O–H groups in total. The lowest BCUT2D eigenvalue weighted by Gasteiger charge is -2.38. The van der Waals surface area contributed by atoms with Crippen LogP contribution in [-0.2, 0) is 0 Å². The lowest BCUT2D eigenvalue weighted by atomic mass is 9.97. The van der Waals surface area contributed by atoms with Crippen LogP contribution in [0.2, 0.25) is 0 Å². The van der Waals surface area contributed by atoms with Crippen molar-refractivity contribution in [1.29, 1.82) is 0 Å². The van der Waals surface area contributed by atoms with Crippen LogP contribution in [0.15, 0.2) is 36.8 Å². The zero-order valence-corrected chi connectivity index (χ0v) is 15.5. The van der Waals surface area contributed by atoms with Gasteiger partial charge in [0.15, 0.2) is 0 Å². The van der Waals surface area contributed by atoms with Gasteiger partial charge in [-0.2, -0.15) is 0 Å². The molecule has 0 amide bonds. The highest BCUT2D eigenvalue weighted by Crippen LogP contribution is 2.34. The van der Waals surface area contributed by atoms with Crippen LogP contribution in [0.1, 0.15) is 19.3 Å². The second kappa shape index (κ2) is 6.63. The van der Waals surface area contributed by atoms with Gasteiger partial charge in [0.05, 0.1) is 12.2 Å². The van der Waals surface area contributed by atoms with Crippen LogP contribution in [-0.4, -0.2) is 56.6 Å². The van der Waals surface area contributed by atoms with Crippen LogP contribution >= 0.6 is 0 Å². The molecule has 2 aliphatic rings. The van der Waals surface area contributed by atoms with E-state index in [1.807, 2.05) is 19.2 Å². The van der Waals surface area contributed by atoms with E-state index < -0.39 is 6.17 Å². The third-order valence-corrected chi connectivity index (χ3v) is 5.95. The molecule has 1 aromatic carbocycles. The fraction of sp³-hybridized carbons (Fsp3) is 0.400. The summed E-state index contributed by atoms with van der Waals surface area (Å²) in [7, 11) is 1.82. The quantitative estimate of drug-likeness (QED) is 0.722. The first-order valence-corrected chi connectivity index (χ1v) is 9.50. The summed E-state index contributed by atoms with van der Waals surface area (Å²) < 4.78 is 14.8. The third kappa shape index (κ3) is 2.84. The predicted molar refractivity (Wildman–Crippen MR) is 104 cm³/mol. The monoisotopic (exact) mass is 380 g/mol. The molecule has 4 heterocycles. The summed E-state index contributed by atoms with van der Waals surface area (Å²) in [5.41, 5.74) is 1.00. The number of hydrogen-bond donors (Lipinski definition) is 2. The summed E-state index contributed by atoms with van der Waals surface area (Å²) in [5.74, 6) is 0.495. The number of nitrogens with zero attached hydrogens (tertiary/aromatic N) is 5. The van der Waals surface area contributed by atoms with Gasteiger partial charge in [0.1, 0.15) is 17.6 Å². The van der Waals surface area contributed by atoms with Crippen molar-refractivity contribution in [2.45, 2.75) is 43.6 Å². The van der Waals surface area contributed by atoms with E-state index in [1.165, 1.54) is 0 Å². The minimum Gasteiger partial charge on any atom is -0.507 e. The van der Waals surface area contributed by atoms with E-state index in [-0.39, 0.29) is 17.8 Å². The smallest absolute Gasteiger partial charge is 0.245 e. The zero-order chi connectivity index (χ0) is 19.3. The minimum absolute atomic E-state index is 0.0819. The molecule has 0 unspecified atom stereocenters. The van der Waals surface area contributed by atoms with E-state index in [0.29, 0.717) is 23.2 Å². The van der Waals surface area contributed by atoms with E-state index in [1.54, 1.807) is 29.6 Å². The van der Waals surface area contributed by atoms with Gasteiger partial charge in [0.25, 0.3) is 0 Å². The first kappa shape index (κ1) is 17.2. The van der Waals surface area contributed by atoms with Gasteiger partial charge in [-0.25, -0.2) is 9.37 Å². The molecule has 2 aliphatic heterocycles. The van der Waals surface area contributed by atoms with Crippen LogP contribution < -0.4 is 10.2 Å². The molecule has 4 atom stereocenters. The normalized spacial score (nSPS) is 26.5. The van der Waals surface area contributed by atoms with E-state index in [2.05, 4.69) is 25.5 Å². The van der Waals surface area contributed by atoms with Gasteiger partial charge in [0.2, 0.25) is 5.95 Å². The molecule has 2 bridgehead atoms. The number of aromatic nitrogens is 4. The summed E-state index contributed by atoms with van der Waals surface area (Å²) in [5, 5.41) is 23.9. The van der Waals surface area contributed by atoms with Crippen LogP contribution in [0.5, 0.6) is 5.75 Å². The highest BCUT2D eigenvalue weighted by atomic mass is 19.1. The average molecular weight is 380 g/mol. The van der Waals surface area contributed by atoms with Crippen molar-refractivity contribution in [3.05, 3.63) is 36.8 Å². The maximum absolute atomic E-state index is 14.8. The average Bonchev–Trinajstić information content (AvgIpc) is 3.13. The maximum atomic E-state index is 14.8. The van der Waals surface area contributed by atoms with Gasteiger partial charge >= 0.3 is 0 Å². The Morgan fingerprint density at radius 3 is 2.89 bits per heavy atom. The fourth-order valence-electron chi connectivity index (χ4n) is 4.38. The van der Waals surface area contributed by atoms with Crippen molar-refractivity contribution in [1.82, 2.24) is 25.5 Å². The first-order chi connectivity index (χ1) is 13.6. The number of halogens is 1. The number of anilines is 1. The summed E-state index contributed by atoms with van der Waals surface area (Å²) in [6.45, 7) is 0. The van der Waals surface area contributed by atoms with Gasteiger partial charge < -0.3 is 15.3 Å². The Morgan fingerprint density at radius 1 is 1.18 bits per heavy atom. The molecule has 0 radical (unpaired) electrons. The minimum atomic E-state index is -0.955. The molecule has 144 valence electrons. The van der Waals surface area contributed by atoms with E-state index >= 15 is 0 Å². The second-order valence-electron chi connectivity index (χ2n) is 7.64. The van der Waals surface area contributed by atoms with Gasteiger partial charge in [-0.15, -0.1) is 10.2 Å². The Labute approximate surface area is 161 Å². The SMILES string of the molecule is CN(c1ncc(-c2cc3cnccc3cc2O)nn1)[C@@H]1C[C@H]2CC[C@@H](N2)[C@@H]1F. The number of fused-ring (bicyclic) bond motifs is 3.